The molecule has 364 valence electrons. The van der Waals surface area contributed by atoms with Crippen LogP contribution in [0.4, 0.5) is 0 Å². The maximum Gasteiger partial charge on any atom is 0.0633 e. The quantitative estimate of drug-likeness (QED) is 0.122. The number of aromatic nitrogens is 1. The molecule has 0 radical (unpaired) electrons. The van der Waals surface area contributed by atoms with Crippen LogP contribution in [0.2, 0.25) is 0 Å². The van der Waals surface area contributed by atoms with Gasteiger partial charge in [0, 0.05) is 28.0 Å². The van der Waals surface area contributed by atoms with Crippen molar-refractivity contribution in [3.63, 3.8) is 0 Å². The van der Waals surface area contributed by atoms with Gasteiger partial charge in [0.15, 0.2) is 0 Å². The lowest BCUT2D eigenvalue weighted by Crippen LogP contribution is -1.99. The van der Waals surface area contributed by atoms with E-state index < -0.39 is 0 Å². The summed E-state index contributed by atoms with van der Waals surface area (Å²) in [5, 5.41) is 1.35. The molecule has 12 rings (SSSR count). The van der Waals surface area contributed by atoms with E-state index in [0.29, 0.717) is 5.92 Å². The number of allylic oxidation sites excluding steroid dienone is 1. The molecule has 0 unspecified atom stereocenters. The molecule has 2 nitrogen and oxygen atoms in total. The van der Waals surface area contributed by atoms with Crippen LogP contribution in [0.1, 0.15) is 103 Å². The number of fused-ring (bicyclic) bond motifs is 6. The highest BCUT2D eigenvalue weighted by atomic mass is 15.0. The number of benzene rings is 9. The number of nitrogens with zero attached hydrogens (tertiary/aromatic N) is 2. The summed E-state index contributed by atoms with van der Waals surface area (Å²) in [5.74, 6) is 0.659. The van der Waals surface area contributed by atoms with Gasteiger partial charge in [0.25, 0.3) is 0 Å². The summed E-state index contributed by atoms with van der Waals surface area (Å²) in [5.41, 5.74) is 27.5. The Morgan fingerprint density at radius 3 is 1.91 bits per heavy atom. The van der Waals surface area contributed by atoms with Gasteiger partial charge in [0.1, 0.15) is 0 Å². The number of aliphatic imine (C=N–C) groups is 1. The molecule has 2 aliphatic carbocycles. The van der Waals surface area contributed by atoms with Crippen molar-refractivity contribution in [2.45, 2.75) is 73.1 Å². The molecule has 1 aromatic heterocycles. The average Bonchev–Trinajstić information content (AvgIpc) is 4.01. The van der Waals surface area contributed by atoms with Crippen LogP contribution in [0.25, 0.3) is 72.9 Å². The Labute approximate surface area is 439 Å². The molecule has 0 saturated carbocycles. The molecule has 2 aliphatic rings. The summed E-state index contributed by atoms with van der Waals surface area (Å²) in [7, 11) is 0. The first-order chi connectivity index (χ1) is 36.3. The summed E-state index contributed by atoms with van der Waals surface area (Å²) in [6.07, 6.45) is 8.50. The van der Waals surface area contributed by atoms with Gasteiger partial charge in [-0.1, -0.05) is 216 Å². The highest BCUT2D eigenvalue weighted by Crippen LogP contribution is 2.45. The van der Waals surface area contributed by atoms with Crippen molar-refractivity contribution in [2.75, 3.05) is 0 Å². The molecule has 10 aromatic rings. The van der Waals surface area contributed by atoms with Gasteiger partial charge in [-0.3, -0.25) is 4.99 Å². The van der Waals surface area contributed by atoms with E-state index in [1.54, 1.807) is 0 Å². The van der Waals surface area contributed by atoms with Gasteiger partial charge in [-0.2, -0.15) is 0 Å². The molecule has 0 amide bonds. The Morgan fingerprint density at radius 1 is 0.541 bits per heavy atom. The summed E-state index contributed by atoms with van der Waals surface area (Å²) in [6, 6.07) is 77.2. The van der Waals surface area contributed by atoms with Gasteiger partial charge < -0.3 is 4.57 Å². The van der Waals surface area contributed by atoms with E-state index in [0.717, 1.165) is 48.2 Å². The zero-order chi connectivity index (χ0) is 51.1. The summed E-state index contributed by atoms with van der Waals surface area (Å²) in [4.78, 5) is 4.92. The molecular weight excluding hydrogens is 893 g/mol. The van der Waals surface area contributed by atoms with Gasteiger partial charge in [-0.25, -0.2) is 0 Å². The molecule has 0 aliphatic heterocycles. The summed E-state index contributed by atoms with van der Waals surface area (Å²) in [6.45, 7) is 17.1. The van der Waals surface area contributed by atoms with Gasteiger partial charge in [-0.15, -0.1) is 0 Å². The van der Waals surface area contributed by atoms with E-state index in [2.05, 4.69) is 239 Å². The third kappa shape index (κ3) is 10.1. The Morgan fingerprint density at radius 2 is 1.16 bits per heavy atom. The predicted molar refractivity (Wildman–Crippen MR) is 319 cm³/mol. The van der Waals surface area contributed by atoms with Gasteiger partial charge >= 0.3 is 0 Å². The van der Waals surface area contributed by atoms with E-state index >= 15 is 0 Å². The molecule has 74 heavy (non-hydrogen) atoms. The highest BCUT2D eigenvalue weighted by molar-refractivity contribution is 6.02. The molecular formula is C72H66N2. The van der Waals surface area contributed by atoms with Crippen LogP contribution in [0.15, 0.2) is 230 Å². The predicted octanol–water partition coefficient (Wildman–Crippen LogP) is 19.4. The average molecular weight is 959 g/mol. The van der Waals surface area contributed by atoms with Crippen molar-refractivity contribution >= 4 is 28.4 Å². The molecule has 0 N–H and O–H groups in total. The van der Waals surface area contributed by atoms with Crippen LogP contribution in [-0.2, 0) is 19.3 Å². The van der Waals surface area contributed by atoms with E-state index in [9.17, 15) is 0 Å². The number of rotatable bonds is 10. The summed E-state index contributed by atoms with van der Waals surface area (Å²) >= 11 is 0. The smallest absolute Gasteiger partial charge is 0.0633 e. The van der Waals surface area contributed by atoms with Crippen LogP contribution in [0.3, 0.4) is 0 Å². The van der Waals surface area contributed by atoms with E-state index in [1.165, 1.54) is 106 Å². The lowest BCUT2D eigenvalue weighted by atomic mass is 9.88. The number of hydrogen-bond acceptors (Lipinski definition) is 1. The zero-order valence-corrected chi connectivity index (χ0v) is 43.9. The Kier molecular flexibility index (Phi) is 14.8. The van der Waals surface area contributed by atoms with Crippen LogP contribution < -0.4 is 0 Å². The minimum absolute atomic E-state index is 0.659. The van der Waals surface area contributed by atoms with Gasteiger partial charge in [-0.05, 0) is 177 Å². The molecule has 2 heteroatoms. The second-order valence-corrected chi connectivity index (χ2v) is 19.7. The minimum atomic E-state index is 0.659. The van der Waals surface area contributed by atoms with Crippen molar-refractivity contribution in [3.05, 3.63) is 281 Å². The molecule has 0 bridgehead atoms. The standard InChI is InChI=1S/C61H48N2.C9H12.C2H6/c1-40-17-10-11-25-51(40)56-37-45(46-33-34-61-59(38-46)55-26-12-13-30-60(55)63(61)50-23-8-5-9-24-50)31-32-49(56)36-48-22-15-28-53-54-29-16-27-52(58(54)39-57(48)53)47-21-14-20-44(35-47)42(3)62-41(2)43-18-6-4-7-19-43;1-8(2)9-6-4-3-5-7-9;1-2/h4-11,13-25,27-35,37-38H,3,12,26,36,39H2,1-2H3;3-8H,1-2H3;1-2H3. The number of aryl methyl sites for hydroxylation is 2. The van der Waals surface area contributed by atoms with Crippen molar-refractivity contribution in [3.8, 4) is 50.2 Å². The van der Waals surface area contributed by atoms with Crippen molar-refractivity contribution in [1.82, 2.24) is 4.57 Å². The second-order valence-electron chi connectivity index (χ2n) is 19.7. The molecule has 0 spiro atoms. The van der Waals surface area contributed by atoms with Crippen molar-refractivity contribution in [1.29, 1.82) is 0 Å². The Balaban J connectivity index is 0.000000512. The van der Waals surface area contributed by atoms with Crippen molar-refractivity contribution in [2.24, 2.45) is 4.99 Å². The van der Waals surface area contributed by atoms with Crippen LogP contribution in [0.5, 0.6) is 0 Å². The summed E-state index contributed by atoms with van der Waals surface area (Å²) < 4.78 is 2.43. The van der Waals surface area contributed by atoms with Crippen molar-refractivity contribution < 1.29 is 0 Å². The lowest BCUT2D eigenvalue weighted by molar-refractivity contribution is 0.867. The van der Waals surface area contributed by atoms with E-state index in [4.69, 9.17) is 4.99 Å². The lowest BCUT2D eigenvalue weighted by Gasteiger charge is -2.17. The first-order valence-corrected chi connectivity index (χ1v) is 26.6. The van der Waals surface area contributed by atoms with Gasteiger partial charge in [0.2, 0.25) is 0 Å². The fourth-order valence-electron chi connectivity index (χ4n) is 11.0. The fourth-order valence-corrected chi connectivity index (χ4v) is 11.0. The van der Waals surface area contributed by atoms with Crippen LogP contribution in [0, 0.1) is 6.92 Å². The normalized spacial score (nSPS) is 12.3. The molecule has 0 saturated heterocycles. The van der Waals surface area contributed by atoms with E-state index in [1.807, 2.05) is 38.1 Å². The first kappa shape index (κ1) is 49.3. The third-order valence-electron chi connectivity index (χ3n) is 14.8. The maximum atomic E-state index is 4.92. The number of hydrogen-bond donors (Lipinski definition) is 0. The number of para-hydroxylation sites is 1. The van der Waals surface area contributed by atoms with Crippen LogP contribution >= 0.6 is 0 Å². The van der Waals surface area contributed by atoms with Crippen LogP contribution in [-0.4, -0.2) is 10.3 Å². The molecule has 9 aromatic carbocycles. The molecule has 0 fully saturated rings. The largest absolute Gasteiger partial charge is 0.310 e. The third-order valence-corrected chi connectivity index (χ3v) is 14.8. The topological polar surface area (TPSA) is 17.3 Å². The highest BCUT2D eigenvalue weighted by Gasteiger charge is 2.25. The monoisotopic (exact) mass is 959 g/mol. The second kappa shape index (κ2) is 22.2. The van der Waals surface area contributed by atoms with Gasteiger partial charge in [0.05, 0.1) is 11.2 Å². The Hall–Kier alpha value is -8.33. The zero-order valence-electron chi connectivity index (χ0n) is 43.9. The van der Waals surface area contributed by atoms with E-state index in [-0.39, 0.29) is 0 Å². The molecule has 0 atom stereocenters. The first-order valence-electron chi connectivity index (χ1n) is 26.6. The molecule has 1 heterocycles. The minimum Gasteiger partial charge on any atom is -0.310 e. The SMILES string of the molecule is C=C(N=C(C)c1ccccc1)c1cccc(-c2cccc3c2Cc2c(Cc4ccc(-c5ccc6c(c5)c5c(n6-c6ccccc6)C=CCC5)cc4-c4ccccc4C)cccc2-3)c1.CC.CC(C)c1ccccc1. The fraction of sp³-hybridized carbons (Fsp3) is 0.153. The Bertz CT molecular complexity index is 3680. The maximum absolute atomic E-state index is 4.92.